The highest BCUT2D eigenvalue weighted by Crippen LogP contribution is 2.32. The van der Waals surface area contributed by atoms with Gasteiger partial charge < -0.3 is 20.3 Å². The van der Waals surface area contributed by atoms with Crippen molar-refractivity contribution in [3.63, 3.8) is 0 Å². The number of esters is 1. The Balaban J connectivity index is 1.68. The fourth-order valence-corrected chi connectivity index (χ4v) is 6.11. The van der Waals surface area contributed by atoms with E-state index in [0.717, 1.165) is 26.2 Å². The molecule has 1 saturated heterocycles. The molecule has 3 N–H and O–H groups in total. The number of hydrogen-bond donors (Lipinski definition) is 2. The summed E-state index contributed by atoms with van der Waals surface area (Å²) < 4.78 is 29.1. The lowest BCUT2D eigenvalue weighted by molar-refractivity contribution is -0.153. The molecule has 0 saturated carbocycles. The van der Waals surface area contributed by atoms with Crippen LogP contribution in [0.2, 0.25) is 5.02 Å². The third-order valence-corrected chi connectivity index (χ3v) is 8.07. The predicted molar refractivity (Wildman–Crippen MR) is 157 cm³/mol. The molecule has 1 unspecified atom stereocenters. The van der Waals surface area contributed by atoms with Crippen molar-refractivity contribution in [3.05, 3.63) is 52.8 Å². The fraction of sp³-hybridized carbons (Fsp3) is 0.407. The Morgan fingerprint density at radius 1 is 1.27 bits per heavy atom. The number of carbonyl (C=O) groups excluding carboxylic acids is 2. The highest BCUT2D eigenvalue weighted by molar-refractivity contribution is 7.80. The molecule has 1 fully saturated rings. The molecular weight excluding hydrogens is 556 g/mol. The summed E-state index contributed by atoms with van der Waals surface area (Å²) in [6.45, 7) is 4.06. The highest BCUT2D eigenvalue weighted by atomic mass is 35.5. The van der Waals surface area contributed by atoms with Crippen molar-refractivity contribution in [1.82, 2.24) is 14.9 Å². The van der Waals surface area contributed by atoms with Crippen LogP contribution in [0.15, 0.2) is 36.7 Å². The van der Waals surface area contributed by atoms with Gasteiger partial charge in [0.1, 0.15) is 23.7 Å². The SMILES string of the molecule is CCOC(=O)[C@@H](Cc1cc2ccnc(N)c2cc1CC)N1CC[C@H](N(c2cnc(N(C)C)c(Cl)c2)S(=O)O)C1=O. The summed E-state index contributed by atoms with van der Waals surface area (Å²) in [4.78, 5) is 38.6. The van der Waals surface area contributed by atoms with E-state index in [1.165, 1.54) is 17.2 Å². The van der Waals surface area contributed by atoms with Gasteiger partial charge in [0.25, 0.3) is 11.3 Å². The molecule has 214 valence electrons. The molecule has 0 spiro atoms. The molecule has 40 heavy (non-hydrogen) atoms. The molecule has 3 atom stereocenters. The zero-order valence-electron chi connectivity index (χ0n) is 22.8. The first-order valence-electron chi connectivity index (χ1n) is 12.9. The first-order valence-corrected chi connectivity index (χ1v) is 14.4. The maximum absolute atomic E-state index is 13.8. The zero-order chi connectivity index (χ0) is 29.1. The highest BCUT2D eigenvalue weighted by Gasteiger charge is 2.44. The molecule has 3 heterocycles. The van der Waals surface area contributed by atoms with E-state index in [1.807, 2.05) is 25.1 Å². The minimum absolute atomic E-state index is 0.149. The first-order chi connectivity index (χ1) is 19.1. The van der Waals surface area contributed by atoms with Crippen LogP contribution < -0.4 is 14.9 Å². The van der Waals surface area contributed by atoms with Crippen LogP contribution >= 0.6 is 11.6 Å². The molecule has 1 aromatic carbocycles. The number of aryl methyl sites for hydroxylation is 1. The first kappa shape index (κ1) is 29.5. The summed E-state index contributed by atoms with van der Waals surface area (Å²) in [6.07, 6.45) is 4.14. The second-order valence-electron chi connectivity index (χ2n) is 9.65. The van der Waals surface area contributed by atoms with Crippen molar-refractivity contribution in [2.24, 2.45) is 0 Å². The van der Waals surface area contributed by atoms with Crippen molar-refractivity contribution in [1.29, 1.82) is 0 Å². The van der Waals surface area contributed by atoms with Crippen LogP contribution in [-0.2, 0) is 38.4 Å². The molecular formula is C27H33ClN6O5S. The summed E-state index contributed by atoms with van der Waals surface area (Å²) >= 11 is 3.81. The second-order valence-corrected chi connectivity index (χ2v) is 10.9. The Hall–Kier alpha value is -3.48. The molecule has 0 bridgehead atoms. The monoisotopic (exact) mass is 588 g/mol. The van der Waals surface area contributed by atoms with Crippen LogP contribution in [0.1, 0.15) is 31.4 Å². The third kappa shape index (κ3) is 5.84. The number of likely N-dealkylation sites (tertiary alicyclic amines) is 1. The minimum atomic E-state index is -2.55. The summed E-state index contributed by atoms with van der Waals surface area (Å²) in [5, 5.41) is 1.96. The van der Waals surface area contributed by atoms with Crippen LogP contribution in [-0.4, -0.2) is 74.8 Å². The molecule has 3 aromatic rings. The van der Waals surface area contributed by atoms with E-state index >= 15 is 0 Å². The Bertz CT molecular complexity index is 1450. The van der Waals surface area contributed by atoms with E-state index in [2.05, 4.69) is 9.97 Å². The van der Waals surface area contributed by atoms with E-state index in [1.54, 1.807) is 32.1 Å². The lowest BCUT2D eigenvalue weighted by Crippen LogP contribution is -2.49. The molecule has 4 rings (SSSR count). The number of aromatic nitrogens is 2. The van der Waals surface area contributed by atoms with Gasteiger partial charge in [-0.2, -0.15) is 0 Å². The van der Waals surface area contributed by atoms with Crippen molar-refractivity contribution in [2.45, 2.75) is 45.2 Å². The molecule has 1 aliphatic rings. The number of carbonyl (C=O) groups is 2. The average Bonchev–Trinajstić information content (AvgIpc) is 3.27. The topological polar surface area (TPSA) is 142 Å². The van der Waals surface area contributed by atoms with Gasteiger partial charge in [0.05, 0.1) is 23.5 Å². The minimum Gasteiger partial charge on any atom is -0.464 e. The number of amides is 1. The second kappa shape index (κ2) is 12.4. The molecule has 1 amide bonds. The lowest BCUT2D eigenvalue weighted by atomic mass is 9.94. The molecule has 0 radical (unpaired) electrons. The zero-order valence-corrected chi connectivity index (χ0v) is 24.4. The van der Waals surface area contributed by atoms with Crippen molar-refractivity contribution >= 4 is 62.8 Å². The Morgan fingerprint density at radius 2 is 2.02 bits per heavy atom. The predicted octanol–water partition coefficient (Wildman–Crippen LogP) is 3.21. The van der Waals surface area contributed by atoms with E-state index in [4.69, 9.17) is 22.1 Å². The van der Waals surface area contributed by atoms with Crippen LogP contribution in [0.4, 0.5) is 17.3 Å². The van der Waals surface area contributed by atoms with E-state index in [9.17, 15) is 18.4 Å². The van der Waals surface area contributed by atoms with Crippen molar-refractivity contribution in [3.8, 4) is 0 Å². The number of fused-ring (bicyclic) bond motifs is 1. The number of pyridine rings is 2. The smallest absolute Gasteiger partial charge is 0.329 e. The lowest BCUT2D eigenvalue weighted by Gasteiger charge is -2.29. The standard InChI is InChI=1S/C27H33ClN6O5S/c1-5-16-12-20-17(7-9-30-24(20)29)11-18(16)13-23(27(36)39-6-2)33-10-8-22(26(33)35)34(40(37)38)19-14-21(28)25(31-15-19)32(3)4/h7,9,11-12,14-15,22-23H,5-6,8,10,13H2,1-4H3,(H2,29,30)(H,37,38)/t22-,23+/m0/s1. The number of anilines is 3. The number of hydrogen-bond acceptors (Lipinski definition) is 8. The van der Waals surface area contributed by atoms with E-state index in [0.29, 0.717) is 18.1 Å². The van der Waals surface area contributed by atoms with Gasteiger partial charge in [-0.15, -0.1) is 0 Å². The van der Waals surface area contributed by atoms with Gasteiger partial charge in [-0.3, -0.25) is 13.7 Å². The van der Waals surface area contributed by atoms with Gasteiger partial charge in [0, 0.05) is 38.6 Å². The normalized spacial score (nSPS) is 16.7. The molecule has 13 heteroatoms. The number of nitrogens with zero attached hydrogens (tertiary/aromatic N) is 5. The molecule has 11 nitrogen and oxygen atoms in total. The summed E-state index contributed by atoms with van der Waals surface area (Å²) in [5.74, 6) is -0.0933. The van der Waals surface area contributed by atoms with Crippen LogP contribution in [0.3, 0.4) is 0 Å². The number of rotatable bonds is 10. The summed E-state index contributed by atoms with van der Waals surface area (Å²) in [6, 6.07) is 5.35. The largest absolute Gasteiger partial charge is 0.464 e. The molecule has 0 aliphatic carbocycles. The van der Waals surface area contributed by atoms with Crippen LogP contribution in [0.25, 0.3) is 10.8 Å². The van der Waals surface area contributed by atoms with Gasteiger partial charge in [-0.1, -0.05) is 24.6 Å². The number of halogens is 1. The van der Waals surface area contributed by atoms with Gasteiger partial charge in [-0.05, 0) is 54.5 Å². The number of benzene rings is 1. The molecule has 2 aromatic heterocycles. The quantitative estimate of drug-likeness (QED) is 0.269. The maximum atomic E-state index is 13.8. The van der Waals surface area contributed by atoms with Crippen molar-refractivity contribution < 1.29 is 23.1 Å². The summed E-state index contributed by atoms with van der Waals surface area (Å²) in [5.41, 5.74) is 8.16. The number of nitrogen functional groups attached to an aromatic ring is 1. The Morgan fingerprint density at radius 3 is 2.65 bits per heavy atom. The van der Waals surface area contributed by atoms with Crippen molar-refractivity contribution in [2.75, 3.05) is 42.2 Å². The Kier molecular flexibility index (Phi) is 9.12. The Labute approximate surface area is 240 Å². The maximum Gasteiger partial charge on any atom is 0.329 e. The third-order valence-electron chi connectivity index (χ3n) is 6.99. The average molecular weight is 589 g/mol. The van der Waals surface area contributed by atoms with Gasteiger partial charge in [-0.25, -0.2) is 19.0 Å². The van der Waals surface area contributed by atoms with E-state index in [-0.39, 0.29) is 36.7 Å². The fourth-order valence-electron chi connectivity index (χ4n) is 5.08. The van der Waals surface area contributed by atoms with Gasteiger partial charge in [0.15, 0.2) is 0 Å². The van der Waals surface area contributed by atoms with E-state index < -0.39 is 35.2 Å². The molecule has 1 aliphatic heterocycles. The van der Waals surface area contributed by atoms with Gasteiger partial charge >= 0.3 is 5.97 Å². The van der Waals surface area contributed by atoms with Crippen LogP contribution in [0, 0.1) is 0 Å². The van der Waals surface area contributed by atoms with Crippen LogP contribution in [0.5, 0.6) is 0 Å². The van der Waals surface area contributed by atoms with Gasteiger partial charge in [0.2, 0.25) is 5.91 Å². The number of ether oxygens (including phenoxy) is 1. The summed E-state index contributed by atoms with van der Waals surface area (Å²) in [7, 11) is 3.55. The number of nitrogens with two attached hydrogens (primary N) is 1.